The first-order valence-electron chi connectivity index (χ1n) is 9.15. The third-order valence-corrected chi connectivity index (χ3v) is 4.91. The Morgan fingerprint density at radius 3 is 2.90 bits per heavy atom. The van der Waals surface area contributed by atoms with Crippen LogP contribution in [0.25, 0.3) is 22.5 Å². The van der Waals surface area contributed by atoms with Gasteiger partial charge in [-0.05, 0) is 44.0 Å². The van der Waals surface area contributed by atoms with Gasteiger partial charge in [-0.25, -0.2) is 0 Å². The summed E-state index contributed by atoms with van der Waals surface area (Å²) < 4.78 is 6.84. The van der Waals surface area contributed by atoms with Crippen molar-refractivity contribution in [1.82, 2.24) is 25.0 Å². The lowest BCUT2D eigenvalue weighted by molar-refractivity contribution is -0.116. The number of anilines is 1. The molecular weight excluding hydrogens is 372 g/mol. The third kappa shape index (κ3) is 3.54. The normalized spacial score (nSPS) is 11.1. The number of carbonyl (C=O) groups is 1. The average molecular weight is 392 g/mol. The van der Waals surface area contributed by atoms with Crippen molar-refractivity contribution in [2.75, 3.05) is 5.32 Å². The Morgan fingerprint density at radius 2 is 2.14 bits per heavy atom. The molecule has 0 aliphatic rings. The van der Waals surface area contributed by atoms with Crippen LogP contribution in [-0.4, -0.2) is 30.9 Å². The van der Waals surface area contributed by atoms with Crippen LogP contribution < -0.4 is 10.9 Å². The lowest BCUT2D eigenvalue weighted by Gasteiger charge is -2.09. The van der Waals surface area contributed by atoms with Crippen molar-refractivity contribution in [3.63, 3.8) is 0 Å². The van der Waals surface area contributed by atoms with Gasteiger partial charge in [0.15, 0.2) is 0 Å². The molecule has 0 saturated carbocycles. The van der Waals surface area contributed by atoms with E-state index in [-0.39, 0.29) is 17.9 Å². The van der Waals surface area contributed by atoms with Gasteiger partial charge in [-0.15, -0.1) is 10.2 Å². The number of pyridine rings is 1. The SMILES string of the molecule is Cc1nn(C)c2[nH]c(=O)c(CCC(=O)Nc3cccc(-c4nnco4)c3)c(C)c12. The second-order valence-corrected chi connectivity index (χ2v) is 6.86. The number of rotatable bonds is 5. The Balaban J connectivity index is 1.50. The second-order valence-electron chi connectivity index (χ2n) is 6.86. The van der Waals surface area contributed by atoms with Gasteiger partial charge in [0, 0.05) is 35.7 Å². The van der Waals surface area contributed by atoms with Gasteiger partial charge in [0.05, 0.1) is 5.69 Å². The maximum Gasteiger partial charge on any atom is 0.253 e. The van der Waals surface area contributed by atoms with E-state index in [4.69, 9.17) is 4.42 Å². The highest BCUT2D eigenvalue weighted by Gasteiger charge is 2.16. The van der Waals surface area contributed by atoms with Crippen molar-refractivity contribution < 1.29 is 9.21 Å². The van der Waals surface area contributed by atoms with Gasteiger partial charge in [0.2, 0.25) is 18.2 Å². The van der Waals surface area contributed by atoms with Crippen LogP contribution in [0.2, 0.25) is 0 Å². The molecule has 0 saturated heterocycles. The number of nitrogens with zero attached hydrogens (tertiary/aromatic N) is 4. The Morgan fingerprint density at radius 1 is 1.31 bits per heavy atom. The summed E-state index contributed by atoms with van der Waals surface area (Å²) >= 11 is 0. The van der Waals surface area contributed by atoms with Gasteiger partial charge in [-0.3, -0.25) is 14.3 Å². The van der Waals surface area contributed by atoms with E-state index in [1.54, 1.807) is 29.9 Å². The lowest BCUT2D eigenvalue weighted by atomic mass is 10.0. The van der Waals surface area contributed by atoms with Gasteiger partial charge in [-0.1, -0.05) is 6.07 Å². The maximum atomic E-state index is 12.5. The molecule has 148 valence electrons. The van der Waals surface area contributed by atoms with E-state index >= 15 is 0 Å². The minimum absolute atomic E-state index is 0.180. The van der Waals surface area contributed by atoms with Crippen molar-refractivity contribution in [2.24, 2.45) is 7.05 Å². The first kappa shape index (κ1) is 18.6. The standard InChI is InChI=1S/C20H20N6O3/c1-11-15(19(28)23-18-17(11)12(2)25-26(18)3)7-8-16(27)22-14-6-4-5-13(9-14)20-24-21-10-29-20/h4-6,9-10H,7-8H2,1-3H3,(H,22,27)(H,23,28). The van der Waals surface area contributed by atoms with E-state index < -0.39 is 0 Å². The number of amides is 1. The smallest absolute Gasteiger partial charge is 0.253 e. The summed E-state index contributed by atoms with van der Waals surface area (Å²) in [5.74, 6) is 0.192. The summed E-state index contributed by atoms with van der Waals surface area (Å²) in [5, 5.41) is 15.7. The molecule has 3 aromatic heterocycles. The molecule has 0 bridgehead atoms. The zero-order valence-electron chi connectivity index (χ0n) is 16.3. The summed E-state index contributed by atoms with van der Waals surface area (Å²) in [6.07, 6.45) is 1.77. The monoisotopic (exact) mass is 392 g/mol. The van der Waals surface area contributed by atoms with Crippen LogP contribution in [0.3, 0.4) is 0 Å². The van der Waals surface area contributed by atoms with E-state index in [0.29, 0.717) is 34.8 Å². The average Bonchev–Trinajstić information content (AvgIpc) is 3.30. The lowest BCUT2D eigenvalue weighted by Crippen LogP contribution is -2.19. The first-order valence-corrected chi connectivity index (χ1v) is 9.15. The Kier molecular flexibility index (Phi) is 4.71. The van der Waals surface area contributed by atoms with Crippen LogP contribution in [0.1, 0.15) is 23.2 Å². The van der Waals surface area contributed by atoms with Gasteiger partial charge < -0.3 is 14.7 Å². The first-order chi connectivity index (χ1) is 13.9. The largest absolute Gasteiger partial charge is 0.423 e. The van der Waals surface area contributed by atoms with Crippen LogP contribution in [-0.2, 0) is 18.3 Å². The highest BCUT2D eigenvalue weighted by atomic mass is 16.4. The van der Waals surface area contributed by atoms with Crippen molar-refractivity contribution in [3.8, 4) is 11.5 Å². The molecule has 1 aromatic carbocycles. The Bertz CT molecular complexity index is 1250. The quantitative estimate of drug-likeness (QED) is 0.539. The van der Waals surface area contributed by atoms with Crippen LogP contribution >= 0.6 is 0 Å². The van der Waals surface area contributed by atoms with Crippen molar-refractivity contribution >= 4 is 22.6 Å². The number of H-pyrrole nitrogens is 1. The predicted octanol–water partition coefficient (Wildman–Crippen LogP) is 2.50. The van der Waals surface area contributed by atoms with Gasteiger partial charge in [-0.2, -0.15) is 5.10 Å². The van der Waals surface area contributed by atoms with Gasteiger partial charge >= 0.3 is 0 Å². The number of hydrogen-bond donors (Lipinski definition) is 2. The minimum Gasteiger partial charge on any atom is -0.423 e. The maximum absolute atomic E-state index is 12.5. The number of aromatic nitrogens is 5. The summed E-state index contributed by atoms with van der Waals surface area (Å²) in [7, 11) is 1.79. The predicted molar refractivity (Wildman–Crippen MR) is 107 cm³/mol. The molecule has 9 nitrogen and oxygen atoms in total. The summed E-state index contributed by atoms with van der Waals surface area (Å²) in [5.41, 5.74) is 4.14. The van der Waals surface area contributed by atoms with Crippen molar-refractivity contribution in [3.05, 3.63) is 57.8 Å². The molecule has 4 rings (SSSR count). The number of benzene rings is 1. The number of hydrogen-bond acceptors (Lipinski definition) is 6. The van der Waals surface area contributed by atoms with Crippen molar-refractivity contribution in [1.29, 1.82) is 0 Å². The van der Waals surface area contributed by atoms with E-state index in [0.717, 1.165) is 16.6 Å². The molecule has 29 heavy (non-hydrogen) atoms. The molecule has 0 spiro atoms. The highest BCUT2D eigenvalue weighted by Crippen LogP contribution is 2.22. The van der Waals surface area contributed by atoms with Crippen LogP contribution in [0.4, 0.5) is 5.69 Å². The van der Waals surface area contributed by atoms with Crippen LogP contribution in [0.5, 0.6) is 0 Å². The zero-order chi connectivity index (χ0) is 20.5. The van der Waals surface area contributed by atoms with Crippen LogP contribution in [0.15, 0.2) is 39.9 Å². The van der Waals surface area contributed by atoms with E-state index in [1.807, 2.05) is 19.9 Å². The number of aromatic amines is 1. The second kappa shape index (κ2) is 7.34. The summed E-state index contributed by atoms with van der Waals surface area (Å²) in [6.45, 7) is 3.80. The molecule has 0 aliphatic carbocycles. The van der Waals surface area contributed by atoms with E-state index in [1.165, 1.54) is 6.39 Å². The molecule has 0 aliphatic heterocycles. The zero-order valence-corrected chi connectivity index (χ0v) is 16.3. The Hall–Kier alpha value is -3.75. The van der Waals surface area contributed by atoms with Gasteiger partial charge in [0.25, 0.3) is 5.56 Å². The van der Waals surface area contributed by atoms with E-state index in [2.05, 4.69) is 25.6 Å². The number of aryl methyl sites for hydroxylation is 3. The highest BCUT2D eigenvalue weighted by molar-refractivity contribution is 5.91. The molecule has 1 amide bonds. The molecule has 0 fully saturated rings. The van der Waals surface area contributed by atoms with Crippen molar-refractivity contribution in [2.45, 2.75) is 26.7 Å². The molecule has 9 heteroatoms. The molecule has 2 N–H and O–H groups in total. The molecular formula is C20H20N6O3. The minimum atomic E-state index is -0.191. The fourth-order valence-electron chi connectivity index (χ4n) is 3.55. The van der Waals surface area contributed by atoms with Crippen LogP contribution in [0, 0.1) is 13.8 Å². The number of carbonyl (C=O) groups excluding carboxylic acids is 1. The molecule has 4 aromatic rings. The molecule has 3 heterocycles. The topological polar surface area (TPSA) is 119 Å². The summed E-state index contributed by atoms with van der Waals surface area (Å²) in [6, 6.07) is 7.15. The fourth-order valence-corrected chi connectivity index (χ4v) is 3.55. The van der Waals surface area contributed by atoms with Gasteiger partial charge in [0.1, 0.15) is 5.65 Å². The molecule has 0 atom stereocenters. The molecule has 0 unspecified atom stereocenters. The molecule has 0 radical (unpaired) electrons. The Labute approximate surface area is 165 Å². The van der Waals surface area contributed by atoms with E-state index in [9.17, 15) is 9.59 Å². The fraction of sp³-hybridized carbons (Fsp3) is 0.250. The summed E-state index contributed by atoms with van der Waals surface area (Å²) in [4.78, 5) is 27.8. The number of nitrogens with one attached hydrogen (secondary N) is 2. The third-order valence-electron chi connectivity index (χ3n) is 4.91. The number of fused-ring (bicyclic) bond motifs is 1.